The van der Waals surface area contributed by atoms with Gasteiger partial charge in [0.05, 0.1) is 16.8 Å². The molecule has 6 amide bonds. The second-order valence-corrected chi connectivity index (χ2v) is 6.88. The Bertz CT molecular complexity index is 866. The van der Waals surface area contributed by atoms with Crippen molar-refractivity contribution in [3.05, 3.63) is 29.3 Å². The van der Waals surface area contributed by atoms with Crippen LogP contribution in [0.3, 0.4) is 0 Å². The zero-order chi connectivity index (χ0) is 20.4. The number of hydrogen-bond donors (Lipinski definition) is 2. The van der Waals surface area contributed by atoms with Crippen LogP contribution in [0.1, 0.15) is 53.3 Å². The largest absolute Gasteiger partial charge is 0.328 e. The van der Waals surface area contributed by atoms with E-state index in [1.165, 1.54) is 11.0 Å². The van der Waals surface area contributed by atoms with E-state index < -0.39 is 29.7 Å². The van der Waals surface area contributed by atoms with Gasteiger partial charge in [0.15, 0.2) is 0 Å². The third-order valence-corrected chi connectivity index (χ3v) is 4.90. The molecule has 0 aliphatic carbocycles. The maximum Gasteiger partial charge on any atom is 0.321 e. The number of piperidine rings is 1. The molecule has 9 heteroatoms. The molecule has 3 rings (SSSR count). The van der Waals surface area contributed by atoms with Gasteiger partial charge in [-0.2, -0.15) is 0 Å². The predicted octanol–water partition coefficient (Wildman–Crippen LogP) is 1.35. The van der Waals surface area contributed by atoms with Crippen molar-refractivity contribution < 1.29 is 24.0 Å². The van der Waals surface area contributed by atoms with Gasteiger partial charge >= 0.3 is 6.03 Å². The molecule has 1 atom stereocenters. The molecule has 1 saturated heterocycles. The van der Waals surface area contributed by atoms with Crippen LogP contribution in [0.15, 0.2) is 18.2 Å². The van der Waals surface area contributed by atoms with Gasteiger partial charge in [0.1, 0.15) is 6.04 Å². The molecular weight excluding hydrogens is 364 g/mol. The van der Waals surface area contributed by atoms with Crippen LogP contribution in [-0.2, 0) is 9.59 Å². The molecule has 2 heterocycles. The quantitative estimate of drug-likeness (QED) is 0.741. The van der Waals surface area contributed by atoms with E-state index in [0.29, 0.717) is 6.54 Å². The SMILES string of the molecule is CCCCN(C)C(=O)Nc1cccc2c1C(=O)N(C1CCC(=O)NC1=O)C2=O. The second kappa shape index (κ2) is 7.79. The summed E-state index contributed by atoms with van der Waals surface area (Å²) in [5, 5.41) is 4.83. The van der Waals surface area contributed by atoms with Crippen molar-refractivity contribution in [1.29, 1.82) is 0 Å². The van der Waals surface area contributed by atoms with E-state index in [-0.39, 0.29) is 35.7 Å². The minimum Gasteiger partial charge on any atom is -0.328 e. The van der Waals surface area contributed by atoms with E-state index in [4.69, 9.17) is 0 Å². The average molecular weight is 386 g/mol. The number of amides is 6. The maximum absolute atomic E-state index is 13.0. The normalized spacial score (nSPS) is 18.8. The van der Waals surface area contributed by atoms with Gasteiger partial charge < -0.3 is 10.2 Å². The summed E-state index contributed by atoms with van der Waals surface area (Å²) in [6, 6.07) is 3.17. The fraction of sp³-hybridized carbons (Fsp3) is 0.421. The van der Waals surface area contributed by atoms with Crippen molar-refractivity contribution in [3.8, 4) is 0 Å². The third-order valence-electron chi connectivity index (χ3n) is 4.90. The first-order valence-corrected chi connectivity index (χ1v) is 9.21. The zero-order valence-electron chi connectivity index (χ0n) is 15.8. The third kappa shape index (κ3) is 3.47. The summed E-state index contributed by atoms with van der Waals surface area (Å²) in [5.41, 5.74) is 0.414. The Morgan fingerprint density at radius 3 is 2.68 bits per heavy atom. The Morgan fingerprint density at radius 2 is 2.00 bits per heavy atom. The molecule has 1 aromatic carbocycles. The smallest absolute Gasteiger partial charge is 0.321 e. The number of fused-ring (bicyclic) bond motifs is 1. The van der Waals surface area contributed by atoms with Gasteiger partial charge in [0.2, 0.25) is 11.8 Å². The number of carbonyl (C=O) groups is 5. The summed E-state index contributed by atoms with van der Waals surface area (Å²) in [4.78, 5) is 64.0. The summed E-state index contributed by atoms with van der Waals surface area (Å²) >= 11 is 0. The highest BCUT2D eigenvalue weighted by atomic mass is 16.2. The number of nitrogens with zero attached hydrogens (tertiary/aromatic N) is 2. The van der Waals surface area contributed by atoms with E-state index in [2.05, 4.69) is 10.6 Å². The standard InChI is InChI=1S/C19H22N4O5/c1-3-4-10-22(2)19(28)20-12-7-5-6-11-15(12)18(27)23(17(11)26)13-8-9-14(24)21-16(13)25/h5-7,13H,3-4,8-10H2,1-2H3,(H,20,28)(H,21,24,25). The van der Waals surface area contributed by atoms with Crippen LogP contribution in [0.2, 0.25) is 0 Å². The number of benzene rings is 1. The van der Waals surface area contributed by atoms with Gasteiger partial charge in [-0.3, -0.25) is 29.4 Å². The van der Waals surface area contributed by atoms with Crippen LogP contribution < -0.4 is 10.6 Å². The fourth-order valence-corrected chi connectivity index (χ4v) is 3.33. The molecule has 1 aromatic rings. The Kier molecular flexibility index (Phi) is 5.43. The maximum atomic E-state index is 13.0. The van der Waals surface area contributed by atoms with Crippen molar-refractivity contribution in [2.45, 2.75) is 38.6 Å². The van der Waals surface area contributed by atoms with Gasteiger partial charge in [-0.15, -0.1) is 0 Å². The molecule has 9 nitrogen and oxygen atoms in total. The van der Waals surface area contributed by atoms with E-state index in [1.807, 2.05) is 6.92 Å². The van der Waals surface area contributed by atoms with Crippen LogP contribution in [0.25, 0.3) is 0 Å². The summed E-state index contributed by atoms with van der Waals surface area (Å²) in [6.07, 6.45) is 1.91. The Hall–Kier alpha value is -3.23. The second-order valence-electron chi connectivity index (χ2n) is 6.88. The first-order valence-electron chi connectivity index (χ1n) is 9.21. The first-order chi connectivity index (χ1) is 13.3. The van der Waals surface area contributed by atoms with Crippen molar-refractivity contribution in [2.75, 3.05) is 18.9 Å². The molecule has 0 spiro atoms. The van der Waals surface area contributed by atoms with Gasteiger partial charge in [-0.05, 0) is 25.0 Å². The highest BCUT2D eigenvalue weighted by Gasteiger charge is 2.45. The topological polar surface area (TPSA) is 116 Å². The number of rotatable bonds is 5. The lowest BCUT2D eigenvalue weighted by atomic mass is 10.0. The summed E-state index contributed by atoms with van der Waals surface area (Å²) in [7, 11) is 1.65. The minimum absolute atomic E-state index is 0.0512. The summed E-state index contributed by atoms with van der Waals surface area (Å²) in [6.45, 7) is 2.58. The molecule has 148 valence electrons. The summed E-state index contributed by atoms with van der Waals surface area (Å²) < 4.78 is 0. The van der Waals surface area contributed by atoms with Gasteiger partial charge in [0.25, 0.3) is 11.8 Å². The van der Waals surface area contributed by atoms with Crippen molar-refractivity contribution in [3.63, 3.8) is 0 Å². The molecule has 1 fully saturated rings. The Balaban J connectivity index is 1.85. The Labute approximate surface area is 162 Å². The molecule has 2 aliphatic rings. The lowest BCUT2D eigenvalue weighted by Crippen LogP contribution is -2.54. The molecule has 28 heavy (non-hydrogen) atoms. The molecular formula is C19H22N4O5. The van der Waals surface area contributed by atoms with Crippen LogP contribution in [0.4, 0.5) is 10.5 Å². The highest BCUT2D eigenvalue weighted by Crippen LogP contribution is 2.32. The van der Waals surface area contributed by atoms with Gasteiger partial charge in [-0.25, -0.2) is 4.79 Å². The monoisotopic (exact) mass is 386 g/mol. The number of unbranched alkanes of at least 4 members (excludes halogenated alkanes) is 1. The molecule has 2 N–H and O–H groups in total. The molecule has 1 unspecified atom stereocenters. The number of nitrogens with one attached hydrogen (secondary N) is 2. The van der Waals surface area contributed by atoms with Gasteiger partial charge in [-0.1, -0.05) is 19.4 Å². The van der Waals surface area contributed by atoms with E-state index in [0.717, 1.165) is 17.7 Å². The minimum atomic E-state index is -1.04. The van der Waals surface area contributed by atoms with Crippen molar-refractivity contribution in [2.24, 2.45) is 0 Å². The van der Waals surface area contributed by atoms with Crippen LogP contribution in [-0.4, -0.2) is 59.1 Å². The van der Waals surface area contributed by atoms with Crippen LogP contribution in [0, 0.1) is 0 Å². The Morgan fingerprint density at radius 1 is 1.25 bits per heavy atom. The summed E-state index contributed by atoms with van der Waals surface area (Å²) in [5.74, 6) is -2.36. The van der Waals surface area contributed by atoms with Crippen molar-refractivity contribution >= 4 is 35.3 Å². The first kappa shape index (κ1) is 19.5. The lowest BCUT2D eigenvalue weighted by Gasteiger charge is -2.27. The number of hydrogen-bond acceptors (Lipinski definition) is 5. The number of anilines is 1. The number of imide groups is 2. The number of carbonyl (C=O) groups excluding carboxylic acids is 5. The highest BCUT2D eigenvalue weighted by molar-refractivity contribution is 6.26. The van der Waals surface area contributed by atoms with Crippen LogP contribution >= 0.6 is 0 Å². The number of urea groups is 1. The zero-order valence-corrected chi connectivity index (χ0v) is 15.8. The molecule has 0 saturated carbocycles. The average Bonchev–Trinajstić information content (AvgIpc) is 2.91. The van der Waals surface area contributed by atoms with Gasteiger partial charge in [0, 0.05) is 20.0 Å². The molecule has 0 radical (unpaired) electrons. The molecule has 0 bridgehead atoms. The molecule has 2 aliphatic heterocycles. The van der Waals surface area contributed by atoms with E-state index in [9.17, 15) is 24.0 Å². The lowest BCUT2D eigenvalue weighted by molar-refractivity contribution is -0.136. The predicted molar refractivity (Wildman–Crippen MR) is 99.7 cm³/mol. The van der Waals surface area contributed by atoms with Crippen molar-refractivity contribution in [1.82, 2.24) is 15.1 Å². The van der Waals surface area contributed by atoms with E-state index in [1.54, 1.807) is 19.2 Å². The van der Waals surface area contributed by atoms with Crippen LogP contribution in [0.5, 0.6) is 0 Å². The fourth-order valence-electron chi connectivity index (χ4n) is 3.33. The molecule has 0 aromatic heterocycles. The van der Waals surface area contributed by atoms with E-state index >= 15 is 0 Å².